The number of unbranched alkanes of at least 4 members (excludes halogenated alkanes) is 11. The number of rotatable bonds is 13. The van der Waals surface area contributed by atoms with E-state index in [4.69, 9.17) is 5.11 Å². The Bertz CT molecular complexity index is 186. The molecule has 0 radical (unpaired) electrons. The zero-order valence-electron chi connectivity index (χ0n) is 12.0. The third-order valence-corrected chi connectivity index (χ3v) is 3.22. The second kappa shape index (κ2) is 17.9. The summed E-state index contributed by atoms with van der Waals surface area (Å²) in [6.07, 6.45) is 14.3. The summed E-state index contributed by atoms with van der Waals surface area (Å²) in [7, 11) is 0. The maximum atomic E-state index is 10.1. The first-order valence-corrected chi connectivity index (χ1v) is 7.63. The Labute approximate surface area is 130 Å². The molecule has 0 unspecified atom stereocenters. The van der Waals surface area contributed by atoms with Crippen LogP contribution in [0.25, 0.3) is 0 Å². The average Bonchev–Trinajstić information content (AvgIpc) is 2.34. The van der Waals surface area contributed by atoms with Gasteiger partial charge in [-0.3, -0.25) is 0 Å². The number of hydrogen-bond acceptors (Lipinski definition) is 2. The van der Waals surface area contributed by atoms with Gasteiger partial charge in [0.2, 0.25) is 0 Å². The Morgan fingerprint density at radius 1 is 0.789 bits per heavy atom. The van der Waals surface area contributed by atoms with Gasteiger partial charge in [-0.05, 0) is 6.42 Å². The normalized spacial score (nSPS) is 9.95. The van der Waals surface area contributed by atoms with Crippen molar-refractivity contribution in [3.63, 3.8) is 0 Å². The molecule has 0 aromatic rings. The van der Waals surface area contributed by atoms with E-state index < -0.39 is 6.16 Å². The molecule has 0 bridgehead atoms. The summed E-state index contributed by atoms with van der Waals surface area (Å²) >= 11 is 0. The number of carbonyl (C=O) groups is 1. The number of carboxylic acid groups (broad SMARTS) is 1. The van der Waals surface area contributed by atoms with Gasteiger partial charge in [0.1, 0.15) is 0 Å². The van der Waals surface area contributed by atoms with Crippen LogP contribution >= 0.6 is 0 Å². The van der Waals surface area contributed by atoms with Crippen LogP contribution in [0.3, 0.4) is 0 Å². The van der Waals surface area contributed by atoms with Gasteiger partial charge in [0.25, 0.3) is 0 Å². The predicted molar refractivity (Wildman–Crippen MR) is 82.2 cm³/mol. The number of ether oxygens (including phenoxy) is 1. The minimum atomic E-state index is -1.15. The second-order valence-electron chi connectivity index (χ2n) is 5.00. The van der Waals surface area contributed by atoms with Crippen LogP contribution < -0.4 is 0 Å². The summed E-state index contributed by atoms with van der Waals surface area (Å²) in [5, 5.41) is 8.27. The van der Waals surface area contributed by atoms with Crippen LogP contribution in [0.2, 0.25) is 0 Å². The molecule has 0 amide bonds. The van der Waals surface area contributed by atoms with Gasteiger partial charge in [-0.2, -0.15) is 0 Å². The van der Waals surface area contributed by atoms with E-state index in [9.17, 15) is 4.79 Å². The first kappa shape index (κ1) is 21.2. The molecule has 0 saturated heterocycles. The van der Waals surface area contributed by atoms with E-state index in [-0.39, 0.29) is 18.9 Å². The topological polar surface area (TPSA) is 46.5 Å². The fourth-order valence-electron chi connectivity index (χ4n) is 2.10. The molecule has 0 aliphatic heterocycles. The standard InChI is InChI=1S/C15H30O3.Li.H/c1-2-3-4-5-6-7-8-9-10-11-12-13-14-18-15(16)17;;/h2-14H2,1H3,(H,16,17);;. The van der Waals surface area contributed by atoms with Crippen molar-refractivity contribution in [3.05, 3.63) is 0 Å². The Morgan fingerprint density at radius 2 is 1.16 bits per heavy atom. The number of hydrogen-bond donors (Lipinski definition) is 1. The summed E-state index contributed by atoms with van der Waals surface area (Å²) in [4.78, 5) is 10.1. The first-order chi connectivity index (χ1) is 8.77. The quantitative estimate of drug-likeness (QED) is 0.298. The molecule has 0 aromatic carbocycles. The molecule has 0 fully saturated rings. The maximum absolute atomic E-state index is 10.1. The van der Waals surface area contributed by atoms with Gasteiger partial charge < -0.3 is 9.84 Å². The summed E-state index contributed by atoms with van der Waals surface area (Å²) in [5.74, 6) is 0. The molecule has 0 spiro atoms. The van der Waals surface area contributed by atoms with Crippen LogP contribution in [0.5, 0.6) is 0 Å². The Hall–Kier alpha value is -0.133. The molecule has 0 aliphatic carbocycles. The van der Waals surface area contributed by atoms with Crippen molar-refractivity contribution in [2.24, 2.45) is 0 Å². The van der Waals surface area contributed by atoms with Crippen LogP contribution in [0.4, 0.5) is 4.79 Å². The molecule has 0 rings (SSSR count). The van der Waals surface area contributed by atoms with Crippen LogP contribution in [0.1, 0.15) is 84.0 Å². The molecule has 4 heteroatoms. The molecule has 110 valence electrons. The van der Waals surface area contributed by atoms with E-state index in [0.717, 1.165) is 12.8 Å². The zero-order valence-corrected chi connectivity index (χ0v) is 12.0. The zero-order chi connectivity index (χ0) is 13.5. The minimum absolute atomic E-state index is 0. The van der Waals surface area contributed by atoms with Gasteiger partial charge >= 0.3 is 25.0 Å². The monoisotopic (exact) mass is 266 g/mol. The Kier molecular flexibility index (Phi) is 19.9. The molecule has 19 heavy (non-hydrogen) atoms. The van der Waals surface area contributed by atoms with Crippen molar-refractivity contribution in [3.8, 4) is 0 Å². The van der Waals surface area contributed by atoms with Gasteiger partial charge in [-0.25, -0.2) is 4.79 Å². The molecule has 3 nitrogen and oxygen atoms in total. The van der Waals surface area contributed by atoms with Gasteiger partial charge in [-0.15, -0.1) is 0 Å². The average molecular weight is 266 g/mol. The van der Waals surface area contributed by atoms with Crippen molar-refractivity contribution in [1.82, 2.24) is 0 Å². The van der Waals surface area contributed by atoms with E-state index >= 15 is 0 Å². The first-order valence-electron chi connectivity index (χ1n) is 7.63. The van der Waals surface area contributed by atoms with Crippen LogP contribution in [0.15, 0.2) is 0 Å². The molecule has 1 N–H and O–H groups in total. The van der Waals surface area contributed by atoms with Gasteiger partial charge in [0.05, 0.1) is 6.61 Å². The van der Waals surface area contributed by atoms with E-state index in [0.29, 0.717) is 6.61 Å². The van der Waals surface area contributed by atoms with Gasteiger partial charge in [0, 0.05) is 0 Å². The molecule has 0 saturated carbocycles. The SMILES string of the molecule is CCCCCCCCCCCCCCOC(=O)O.[LiH]. The summed E-state index contributed by atoms with van der Waals surface area (Å²) in [6.45, 7) is 2.61. The third-order valence-electron chi connectivity index (χ3n) is 3.22. The van der Waals surface area contributed by atoms with Crippen molar-refractivity contribution in [2.45, 2.75) is 84.0 Å². The van der Waals surface area contributed by atoms with Crippen molar-refractivity contribution >= 4 is 25.0 Å². The fraction of sp³-hybridized carbons (Fsp3) is 0.933. The second-order valence-corrected chi connectivity index (χ2v) is 5.00. The van der Waals surface area contributed by atoms with E-state index in [1.165, 1.54) is 64.2 Å². The Balaban J connectivity index is 0. The molecular weight excluding hydrogens is 235 g/mol. The van der Waals surface area contributed by atoms with E-state index in [1.807, 2.05) is 0 Å². The molecule has 0 aromatic heterocycles. The van der Waals surface area contributed by atoms with Crippen molar-refractivity contribution in [1.29, 1.82) is 0 Å². The van der Waals surface area contributed by atoms with E-state index in [1.54, 1.807) is 0 Å². The third kappa shape index (κ3) is 20.4. The molecular formula is C15H31LiO3. The van der Waals surface area contributed by atoms with E-state index in [2.05, 4.69) is 11.7 Å². The van der Waals surface area contributed by atoms with Gasteiger partial charge in [0.15, 0.2) is 0 Å². The van der Waals surface area contributed by atoms with Gasteiger partial charge in [-0.1, -0.05) is 77.6 Å². The molecule has 0 heterocycles. The summed E-state index contributed by atoms with van der Waals surface area (Å²) in [6, 6.07) is 0. The van der Waals surface area contributed by atoms with Crippen LogP contribution in [-0.4, -0.2) is 36.7 Å². The Morgan fingerprint density at radius 3 is 1.53 bits per heavy atom. The molecule has 0 aliphatic rings. The van der Waals surface area contributed by atoms with Crippen molar-refractivity contribution in [2.75, 3.05) is 6.61 Å². The summed E-state index contributed by atoms with van der Waals surface area (Å²) in [5.41, 5.74) is 0. The van der Waals surface area contributed by atoms with Crippen molar-refractivity contribution < 1.29 is 14.6 Å². The molecule has 0 atom stereocenters. The van der Waals surface area contributed by atoms with Crippen LogP contribution in [-0.2, 0) is 4.74 Å². The predicted octanol–water partition coefficient (Wildman–Crippen LogP) is 4.73. The summed E-state index contributed by atoms with van der Waals surface area (Å²) < 4.78 is 4.45. The van der Waals surface area contributed by atoms with Crippen LogP contribution in [0, 0.1) is 0 Å². The fourth-order valence-corrected chi connectivity index (χ4v) is 2.10.